The van der Waals surface area contributed by atoms with Crippen LogP contribution in [0, 0.1) is 6.92 Å². The van der Waals surface area contributed by atoms with Crippen molar-refractivity contribution in [3.8, 4) is 5.75 Å². The van der Waals surface area contributed by atoms with Crippen LogP contribution in [-0.2, 0) is 16.0 Å². The topological polar surface area (TPSA) is 119 Å². The Kier molecular flexibility index (Phi) is 14.3. The summed E-state index contributed by atoms with van der Waals surface area (Å²) in [5.41, 5.74) is 1.10. The number of carbonyl (C=O) groups excluding carboxylic acids is 3. The van der Waals surface area contributed by atoms with Gasteiger partial charge in [0, 0.05) is 24.1 Å². The van der Waals surface area contributed by atoms with Crippen molar-refractivity contribution in [2.75, 3.05) is 13.1 Å². The first-order valence-corrected chi connectivity index (χ1v) is 13.5. The molecule has 3 unspecified atom stereocenters. The first kappa shape index (κ1) is 34.5. The van der Waals surface area contributed by atoms with Gasteiger partial charge in [0.25, 0.3) is 17.7 Å². The Morgan fingerprint density at radius 1 is 1.00 bits per heavy atom. The molecule has 0 spiro atoms. The lowest BCUT2D eigenvalue weighted by Crippen LogP contribution is -2.56. The van der Waals surface area contributed by atoms with Gasteiger partial charge in [-0.1, -0.05) is 63.6 Å². The highest BCUT2D eigenvalue weighted by molar-refractivity contribution is 5.97. The van der Waals surface area contributed by atoms with Crippen LogP contribution in [0.15, 0.2) is 48.5 Å². The number of halogens is 2. The molecule has 40 heavy (non-hydrogen) atoms. The molecule has 3 amide bonds. The normalized spacial score (nSPS) is 13.2. The quantitative estimate of drug-likeness (QED) is 0.308. The van der Waals surface area contributed by atoms with E-state index >= 15 is 0 Å². The van der Waals surface area contributed by atoms with Crippen LogP contribution in [-0.4, -0.2) is 70.0 Å². The van der Waals surface area contributed by atoms with Crippen LogP contribution in [0.1, 0.15) is 68.9 Å². The van der Waals surface area contributed by atoms with Crippen LogP contribution in [0.3, 0.4) is 0 Å². The first-order valence-electron chi connectivity index (χ1n) is 13.5. The SMILES string of the molecule is CCC.CCC(C)NC(=O)CN(CC(C)(F)F)C(=O)C(O)C(Cc1ccccc1)NC(=O)c1cccc(O)c1C. The Hall–Kier alpha value is -3.53. The van der Waals surface area contributed by atoms with E-state index in [2.05, 4.69) is 24.5 Å². The second-order valence-corrected chi connectivity index (χ2v) is 10.0. The zero-order valence-corrected chi connectivity index (χ0v) is 24.2. The third-order valence-corrected chi connectivity index (χ3v) is 5.93. The van der Waals surface area contributed by atoms with E-state index in [1.807, 2.05) is 6.92 Å². The van der Waals surface area contributed by atoms with Gasteiger partial charge in [-0.2, -0.15) is 0 Å². The summed E-state index contributed by atoms with van der Waals surface area (Å²) in [6.07, 6.45) is -0.0703. The molecule has 0 radical (unpaired) electrons. The van der Waals surface area contributed by atoms with Crippen molar-refractivity contribution >= 4 is 17.7 Å². The van der Waals surface area contributed by atoms with Crippen LogP contribution >= 0.6 is 0 Å². The summed E-state index contributed by atoms with van der Waals surface area (Å²) < 4.78 is 27.9. The summed E-state index contributed by atoms with van der Waals surface area (Å²) in [5.74, 6) is -5.86. The molecule has 10 heteroatoms. The van der Waals surface area contributed by atoms with Crippen molar-refractivity contribution in [1.29, 1.82) is 0 Å². The number of amides is 3. The van der Waals surface area contributed by atoms with E-state index in [9.17, 15) is 33.4 Å². The van der Waals surface area contributed by atoms with Gasteiger partial charge in [0.05, 0.1) is 19.1 Å². The molecule has 0 aliphatic heterocycles. The van der Waals surface area contributed by atoms with Crippen molar-refractivity contribution in [2.24, 2.45) is 0 Å². The molecule has 2 rings (SSSR count). The standard InChI is InChI=1S/C27H35F2N3O5.C3H8/c1-5-17(2)30-23(34)15-32(16-27(4,28)29)26(37)24(35)21(14-19-10-7-6-8-11-19)31-25(36)20-12-9-13-22(33)18(20)3;1-3-2/h6-13,17,21,24,33,35H,5,14-16H2,1-4H3,(H,30,34)(H,31,36);3H2,1-2H3. The molecular formula is C30H43F2N3O5. The highest BCUT2D eigenvalue weighted by Gasteiger charge is 2.36. The average molecular weight is 564 g/mol. The third-order valence-electron chi connectivity index (χ3n) is 5.93. The zero-order chi connectivity index (χ0) is 30.5. The monoisotopic (exact) mass is 563 g/mol. The number of hydrogen-bond acceptors (Lipinski definition) is 5. The maximum Gasteiger partial charge on any atom is 0.262 e. The molecule has 0 saturated carbocycles. The fourth-order valence-corrected chi connectivity index (χ4v) is 3.73. The van der Waals surface area contributed by atoms with Gasteiger partial charge in [-0.15, -0.1) is 0 Å². The molecule has 0 aromatic heterocycles. The van der Waals surface area contributed by atoms with Gasteiger partial charge in [-0.05, 0) is 44.4 Å². The molecule has 8 nitrogen and oxygen atoms in total. The van der Waals surface area contributed by atoms with E-state index in [1.165, 1.54) is 24.6 Å². The summed E-state index contributed by atoms with van der Waals surface area (Å²) in [6, 6.07) is 11.6. The summed E-state index contributed by atoms with van der Waals surface area (Å²) in [5, 5.41) is 26.2. The van der Waals surface area contributed by atoms with Crippen molar-refractivity contribution in [1.82, 2.24) is 15.5 Å². The number of nitrogens with zero attached hydrogens (tertiary/aromatic N) is 1. The largest absolute Gasteiger partial charge is 0.508 e. The Morgan fingerprint density at radius 2 is 1.60 bits per heavy atom. The Balaban J connectivity index is 0.00000254. The van der Waals surface area contributed by atoms with Crippen molar-refractivity contribution in [3.63, 3.8) is 0 Å². The van der Waals surface area contributed by atoms with Gasteiger partial charge >= 0.3 is 0 Å². The van der Waals surface area contributed by atoms with E-state index in [0.29, 0.717) is 29.4 Å². The Bertz CT molecular complexity index is 1090. The molecule has 0 aliphatic carbocycles. The fraction of sp³-hybridized carbons (Fsp3) is 0.500. The predicted octanol–water partition coefficient (Wildman–Crippen LogP) is 4.22. The maximum atomic E-state index is 13.9. The lowest BCUT2D eigenvalue weighted by molar-refractivity contribution is -0.149. The Labute approximate surface area is 235 Å². The fourth-order valence-electron chi connectivity index (χ4n) is 3.73. The van der Waals surface area contributed by atoms with Gasteiger partial charge in [0.15, 0.2) is 6.10 Å². The number of phenols is 1. The minimum absolute atomic E-state index is 0.00672. The van der Waals surface area contributed by atoms with Crippen LogP contribution in [0.2, 0.25) is 0 Å². The summed E-state index contributed by atoms with van der Waals surface area (Å²) >= 11 is 0. The average Bonchev–Trinajstić information content (AvgIpc) is 2.88. The lowest BCUT2D eigenvalue weighted by atomic mass is 9.98. The number of phenolic OH excluding ortho intramolecular Hbond substituents is 1. The second-order valence-electron chi connectivity index (χ2n) is 10.0. The molecule has 0 fully saturated rings. The zero-order valence-electron chi connectivity index (χ0n) is 24.2. The molecule has 222 valence electrons. The van der Waals surface area contributed by atoms with E-state index in [4.69, 9.17) is 0 Å². The smallest absolute Gasteiger partial charge is 0.262 e. The summed E-state index contributed by atoms with van der Waals surface area (Å²) in [7, 11) is 0. The second kappa shape index (κ2) is 16.5. The molecule has 0 bridgehead atoms. The minimum atomic E-state index is -3.33. The first-order chi connectivity index (χ1) is 18.7. The Morgan fingerprint density at radius 3 is 2.15 bits per heavy atom. The van der Waals surface area contributed by atoms with Gasteiger partial charge in [-0.25, -0.2) is 8.78 Å². The van der Waals surface area contributed by atoms with Crippen molar-refractivity contribution in [2.45, 2.75) is 84.9 Å². The van der Waals surface area contributed by atoms with Crippen LogP contribution < -0.4 is 10.6 Å². The number of aromatic hydroxyl groups is 1. The third kappa shape index (κ3) is 11.7. The van der Waals surface area contributed by atoms with E-state index < -0.39 is 48.9 Å². The molecular weight excluding hydrogens is 520 g/mol. The number of hydrogen-bond donors (Lipinski definition) is 4. The van der Waals surface area contributed by atoms with Crippen LogP contribution in [0.4, 0.5) is 8.78 Å². The van der Waals surface area contributed by atoms with E-state index in [0.717, 1.165) is 0 Å². The molecule has 4 N–H and O–H groups in total. The number of alkyl halides is 2. The highest BCUT2D eigenvalue weighted by Crippen LogP contribution is 2.21. The van der Waals surface area contributed by atoms with Crippen LogP contribution in [0.5, 0.6) is 5.75 Å². The van der Waals surface area contributed by atoms with Crippen molar-refractivity contribution in [3.05, 3.63) is 65.2 Å². The number of nitrogens with one attached hydrogen (secondary N) is 2. The van der Waals surface area contributed by atoms with Crippen LogP contribution in [0.25, 0.3) is 0 Å². The van der Waals surface area contributed by atoms with Gasteiger partial charge in [-0.3, -0.25) is 14.4 Å². The lowest BCUT2D eigenvalue weighted by Gasteiger charge is -2.31. The van der Waals surface area contributed by atoms with E-state index in [1.54, 1.807) is 44.2 Å². The molecule has 0 saturated heterocycles. The number of benzene rings is 2. The number of aliphatic hydroxyl groups excluding tert-OH is 1. The summed E-state index contributed by atoms with van der Waals surface area (Å²) in [4.78, 5) is 39.3. The summed E-state index contributed by atoms with van der Waals surface area (Å²) in [6.45, 7) is 8.21. The maximum absolute atomic E-state index is 13.9. The van der Waals surface area contributed by atoms with E-state index in [-0.39, 0.29) is 23.8 Å². The highest BCUT2D eigenvalue weighted by atomic mass is 19.3. The number of rotatable bonds is 12. The number of carbonyl (C=O) groups is 3. The molecule has 0 heterocycles. The van der Waals surface area contributed by atoms with Gasteiger partial charge in [0.1, 0.15) is 5.75 Å². The van der Waals surface area contributed by atoms with Gasteiger partial charge in [0.2, 0.25) is 5.91 Å². The van der Waals surface area contributed by atoms with Crippen molar-refractivity contribution < 1.29 is 33.4 Å². The number of aliphatic hydroxyl groups is 1. The molecule has 0 aliphatic rings. The predicted molar refractivity (Wildman–Crippen MR) is 151 cm³/mol. The molecule has 3 atom stereocenters. The molecule has 2 aromatic carbocycles. The minimum Gasteiger partial charge on any atom is -0.508 e. The van der Waals surface area contributed by atoms with Gasteiger partial charge < -0.3 is 25.7 Å². The molecule has 2 aromatic rings.